The molecule has 0 aromatic carbocycles. The molecule has 2 aliphatic heterocycles. The number of carbonyl (C=O) groups is 1. The van der Waals surface area contributed by atoms with Crippen LogP contribution in [0.2, 0.25) is 0 Å². The van der Waals surface area contributed by atoms with Crippen molar-refractivity contribution in [3.05, 3.63) is 0 Å². The van der Waals surface area contributed by atoms with Crippen LogP contribution in [-0.4, -0.2) is 49.5 Å². The molecule has 0 bridgehead atoms. The standard InChI is InChI=1S/C16H28N4O/c1-3-17-15(18-9-13-7-12(13)2)20-6-4-5-16(11-20)8-14(21)19-10-16/h12-13H,3-11H2,1-2H3,(H,17,18)(H,19,21). The molecule has 1 spiro atoms. The molecule has 21 heavy (non-hydrogen) atoms. The minimum absolute atomic E-state index is 0.137. The summed E-state index contributed by atoms with van der Waals surface area (Å²) in [6.07, 6.45) is 4.31. The van der Waals surface area contributed by atoms with Gasteiger partial charge in [0.2, 0.25) is 5.91 Å². The predicted octanol–water partition coefficient (Wildman–Crippen LogP) is 1.21. The highest BCUT2D eigenvalue weighted by Crippen LogP contribution is 2.38. The summed E-state index contributed by atoms with van der Waals surface area (Å²) in [6, 6.07) is 0. The zero-order chi connectivity index (χ0) is 14.9. The van der Waals surface area contributed by atoms with Gasteiger partial charge in [-0.1, -0.05) is 6.92 Å². The molecular formula is C16H28N4O. The van der Waals surface area contributed by atoms with Crippen LogP contribution in [0.5, 0.6) is 0 Å². The quantitative estimate of drug-likeness (QED) is 0.607. The van der Waals surface area contributed by atoms with Gasteiger partial charge in [-0.15, -0.1) is 0 Å². The number of carbonyl (C=O) groups excluding carboxylic acids is 1. The van der Waals surface area contributed by atoms with Crippen LogP contribution in [0.15, 0.2) is 4.99 Å². The van der Waals surface area contributed by atoms with Crippen molar-refractivity contribution in [3.8, 4) is 0 Å². The van der Waals surface area contributed by atoms with Crippen molar-refractivity contribution in [3.63, 3.8) is 0 Å². The molecule has 2 N–H and O–H groups in total. The molecule has 0 aromatic heterocycles. The first kappa shape index (κ1) is 14.7. The van der Waals surface area contributed by atoms with Gasteiger partial charge < -0.3 is 15.5 Å². The van der Waals surface area contributed by atoms with E-state index in [9.17, 15) is 4.79 Å². The summed E-state index contributed by atoms with van der Waals surface area (Å²) in [5, 5.41) is 6.45. The minimum atomic E-state index is 0.137. The summed E-state index contributed by atoms with van der Waals surface area (Å²) in [5.74, 6) is 2.90. The van der Waals surface area contributed by atoms with Crippen LogP contribution in [0.4, 0.5) is 0 Å². The Hall–Kier alpha value is -1.26. The second kappa shape index (κ2) is 5.85. The zero-order valence-electron chi connectivity index (χ0n) is 13.3. The van der Waals surface area contributed by atoms with Crippen molar-refractivity contribution in [2.24, 2.45) is 22.2 Å². The lowest BCUT2D eigenvalue weighted by Crippen LogP contribution is -2.51. The van der Waals surface area contributed by atoms with Gasteiger partial charge in [-0.2, -0.15) is 0 Å². The third kappa shape index (κ3) is 3.33. The number of hydrogen-bond acceptors (Lipinski definition) is 2. The van der Waals surface area contributed by atoms with Crippen LogP contribution in [0, 0.1) is 17.3 Å². The molecule has 1 saturated carbocycles. The number of hydrogen-bond donors (Lipinski definition) is 2. The number of nitrogens with zero attached hydrogens (tertiary/aromatic N) is 2. The lowest BCUT2D eigenvalue weighted by atomic mass is 9.79. The van der Waals surface area contributed by atoms with Gasteiger partial charge in [0.1, 0.15) is 0 Å². The fourth-order valence-electron chi connectivity index (χ4n) is 3.71. The van der Waals surface area contributed by atoms with Crippen molar-refractivity contribution in [1.29, 1.82) is 0 Å². The Kier molecular flexibility index (Phi) is 4.09. The second-order valence-corrected chi connectivity index (χ2v) is 7.15. The number of aliphatic imine (C=N–C) groups is 1. The molecule has 5 nitrogen and oxygen atoms in total. The van der Waals surface area contributed by atoms with Crippen LogP contribution in [0.25, 0.3) is 0 Å². The molecule has 3 rings (SSSR count). The highest BCUT2D eigenvalue weighted by Gasteiger charge is 2.42. The number of nitrogens with one attached hydrogen (secondary N) is 2. The minimum Gasteiger partial charge on any atom is -0.357 e. The normalized spacial score (nSPS) is 36.0. The molecule has 2 saturated heterocycles. The van der Waals surface area contributed by atoms with E-state index >= 15 is 0 Å². The number of guanidine groups is 1. The van der Waals surface area contributed by atoms with Crippen molar-refractivity contribution >= 4 is 11.9 Å². The van der Waals surface area contributed by atoms with E-state index in [1.807, 2.05) is 0 Å². The monoisotopic (exact) mass is 292 g/mol. The van der Waals surface area contributed by atoms with Gasteiger partial charge in [0.25, 0.3) is 0 Å². The summed E-state index contributed by atoms with van der Waals surface area (Å²) in [4.78, 5) is 18.8. The molecule has 3 atom stereocenters. The molecule has 0 aromatic rings. The highest BCUT2D eigenvalue weighted by molar-refractivity contribution is 5.81. The Bertz CT molecular complexity index is 436. The Morgan fingerprint density at radius 3 is 3.00 bits per heavy atom. The van der Waals surface area contributed by atoms with Gasteiger partial charge in [-0.05, 0) is 38.0 Å². The van der Waals surface area contributed by atoms with E-state index in [1.165, 1.54) is 6.42 Å². The van der Waals surface area contributed by atoms with E-state index in [1.54, 1.807) is 0 Å². The van der Waals surface area contributed by atoms with Crippen LogP contribution < -0.4 is 10.6 Å². The number of likely N-dealkylation sites (tertiary alicyclic amines) is 1. The second-order valence-electron chi connectivity index (χ2n) is 7.15. The van der Waals surface area contributed by atoms with Crippen LogP contribution in [0.3, 0.4) is 0 Å². The Morgan fingerprint density at radius 2 is 2.38 bits per heavy atom. The molecule has 2 heterocycles. The predicted molar refractivity (Wildman–Crippen MR) is 84.1 cm³/mol. The van der Waals surface area contributed by atoms with E-state index < -0.39 is 0 Å². The smallest absolute Gasteiger partial charge is 0.220 e. The fraction of sp³-hybridized carbons (Fsp3) is 0.875. The van der Waals surface area contributed by atoms with E-state index in [-0.39, 0.29) is 11.3 Å². The molecule has 1 aliphatic carbocycles. The first-order valence-corrected chi connectivity index (χ1v) is 8.42. The Morgan fingerprint density at radius 1 is 1.57 bits per heavy atom. The average molecular weight is 292 g/mol. The van der Waals surface area contributed by atoms with Crippen LogP contribution in [0.1, 0.15) is 39.5 Å². The topological polar surface area (TPSA) is 56.7 Å². The number of amides is 1. The first-order valence-electron chi connectivity index (χ1n) is 8.42. The van der Waals surface area contributed by atoms with Gasteiger partial charge >= 0.3 is 0 Å². The SMILES string of the molecule is CCNC(=NCC1CC1C)N1CCCC2(CNC(=O)C2)C1. The maximum absolute atomic E-state index is 11.6. The molecular weight excluding hydrogens is 264 g/mol. The maximum atomic E-state index is 11.6. The van der Waals surface area contributed by atoms with Gasteiger partial charge in [0.15, 0.2) is 5.96 Å². The summed E-state index contributed by atoms with van der Waals surface area (Å²) >= 11 is 0. The van der Waals surface area contributed by atoms with Crippen molar-refractivity contribution in [2.75, 3.05) is 32.7 Å². The van der Waals surface area contributed by atoms with Gasteiger partial charge in [-0.25, -0.2) is 0 Å². The average Bonchev–Trinajstić information content (AvgIpc) is 3.06. The summed E-state index contributed by atoms with van der Waals surface area (Å²) in [5.41, 5.74) is 0.137. The molecule has 1 amide bonds. The van der Waals surface area contributed by atoms with Crippen LogP contribution >= 0.6 is 0 Å². The third-order valence-electron chi connectivity index (χ3n) is 5.24. The van der Waals surface area contributed by atoms with Gasteiger partial charge in [0, 0.05) is 44.6 Å². The van der Waals surface area contributed by atoms with Crippen LogP contribution in [-0.2, 0) is 4.79 Å². The molecule has 5 heteroatoms. The third-order valence-corrected chi connectivity index (χ3v) is 5.24. The Labute approximate surface area is 127 Å². The summed E-state index contributed by atoms with van der Waals surface area (Å²) < 4.78 is 0. The van der Waals surface area contributed by atoms with Gasteiger partial charge in [0.05, 0.1) is 0 Å². The lowest BCUT2D eigenvalue weighted by Gasteiger charge is -2.40. The molecule has 0 radical (unpaired) electrons. The molecule has 3 fully saturated rings. The largest absolute Gasteiger partial charge is 0.357 e. The van der Waals surface area contributed by atoms with Crippen molar-refractivity contribution < 1.29 is 4.79 Å². The van der Waals surface area contributed by atoms with Crippen molar-refractivity contribution in [1.82, 2.24) is 15.5 Å². The molecule has 3 unspecified atom stereocenters. The van der Waals surface area contributed by atoms with E-state index in [0.717, 1.165) is 63.4 Å². The zero-order valence-corrected chi connectivity index (χ0v) is 13.3. The summed E-state index contributed by atoms with van der Waals surface area (Å²) in [7, 11) is 0. The first-order chi connectivity index (χ1) is 10.1. The van der Waals surface area contributed by atoms with Gasteiger partial charge in [-0.3, -0.25) is 9.79 Å². The highest BCUT2D eigenvalue weighted by atomic mass is 16.1. The molecule has 118 valence electrons. The maximum Gasteiger partial charge on any atom is 0.220 e. The fourth-order valence-corrected chi connectivity index (χ4v) is 3.71. The van der Waals surface area contributed by atoms with E-state index in [4.69, 9.17) is 4.99 Å². The number of piperidine rings is 1. The number of rotatable bonds is 3. The Balaban J connectivity index is 1.65. The van der Waals surface area contributed by atoms with E-state index in [0.29, 0.717) is 6.42 Å². The lowest BCUT2D eigenvalue weighted by molar-refractivity contribution is -0.119. The van der Waals surface area contributed by atoms with E-state index in [2.05, 4.69) is 29.4 Å². The summed E-state index contributed by atoms with van der Waals surface area (Å²) in [6.45, 7) is 9.12. The van der Waals surface area contributed by atoms with Crippen molar-refractivity contribution in [2.45, 2.75) is 39.5 Å². The molecule has 3 aliphatic rings.